The molecule has 138 valence electrons. The van der Waals surface area contributed by atoms with E-state index in [1.165, 1.54) is 6.92 Å². The van der Waals surface area contributed by atoms with Gasteiger partial charge in [0.25, 0.3) is 11.8 Å². The van der Waals surface area contributed by atoms with Crippen molar-refractivity contribution in [3.63, 3.8) is 0 Å². The van der Waals surface area contributed by atoms with E-state index in [9.17, 15) is 22.8 Å². The third-order valence-corrected chi connectivity index (χ3v) is 3.65. The molecule has 2 N–H and O–H groups in total. The largest absolute Gasteiger partial charge is 0.484 e. The molecule has 0 unspecified atom stereocenters. The summed E-state index contributed by atoms with van der Waals surface area (Å²) in [5.74, 6) is -0.975. The van der Waals surface area contributed by atoms with Gasteiger partial charge in [0.2, 0.25) is 0 Å². The molecule has 1 heterocycles. The maximum Gasteiger partial charge on any atom is 0.433 e. The zero-order chi connectivity index (χ0) is 19.3. The molecule has 10 heteroatoms. The molecular formula is C16H13BrF3N3O3. The normalized spacial score (nSPS) is 11.0. The first-order valence-electron chi connectivity index (χ1n) is 7.19. The summed E-state index contributed by atoms with van der Waals surface area (Å²) in [5, 5.41) is 0. The number of nitrogens with zero attached hydrogens (tertiary/aromatic N) is 1. The van der Waals surface area contributed by atoms with Crippen molar-refractivity contribution in [2.45, 2.75) is 13.1 Å². The molecule has 1 aromatic heterocycles. The van der Waals surface area contributed by atoms with E-state index in [1.54, 1.807) is 24.3 Å². The van der Waals surface area contributed by atoms with E-state index in [1.807, 2.05) is 0 Å². The van der Waals surface area contributed by atoms with E-state index in [-0.39, 0.29) is 17.9 Å². The van der Waals surface area contributed by atoms with Crippen molar-refractivity contribution in [3.8, 4) is 5.75 Å². The van der Waals surface area contributed by atoms with E-state index in [0.717, 1.165) is 10.5 Å². The third kappa shape index (κ3) is 5.45. The number of carbonyl (C=O) groups is 2. The molecule has 0 aliphatic heterocycles. The Morgan fingerprint density at radius 1 is 1.12 bits per heavy atom. The van der Waals surface area contributed by atoms with Crippen LogP contribution < -0.4 is 15.6 Å². The quantitative estimate of drug-likeness (QED) is 0.729. The van der Waals surface area contributed by atoms with E-state index in [4.69, 9.17) is 4.74 Å². The van der Waals surface area contributed by atoms with Crippen LogP contribution in [0.15, 0.2) is 40.9 Å². The van der Waals surface area contributed by atoms with Gasteiger partial charge in [-0.1, -0.05) is 15.9 Å². The number of hydrazine groups is 1. The summed E-state index contributed by atoms with van der Waals surface area (Å²) < 4.78 is 43.8. The Morgan fingerprint density at radius 3 is 2.35 bits per heavy atom. The van der Waals surface area contributed by atoms with Crippen LogP contribution in [0.25, 0.3) is 0 Å². The number of amides is 2. The fourth-order valence-electron chi connectivity index (χ4n) is 1.87. The summed E-state index contributed by atoms with van der Waals surface area (Å²) >= 11 is 3.26. The summed E-state index contributed by atoms with van der Waals surface area (Å²) in [6, 6.07) is 8.44. The molecular weight excluding hydrogens is 419 g/mol. The SMILES string of the molecule is Cc1nc(C(F)(F)F)ccc1C(=O)NNC(=O)COc1ccc(Br)cc1. The van der Waals surface area contributed by atoms with Crippen LogP contribution in [-0.2, 0) is 11.0 Å². The number of carbonyl (C=O) groups excluding carboxylic acids is 2. The summed E-state index contributed by atoms with van der Waals surface area (Å²) in [7, 11) is 0. The van der Waals surface area contributed by atoms with Crippen molar-refractivity contribution in [3.05, 3.63) is 57.8 Å². The minimum absolute atomic E-state index is 0.0906. The lowest BCUT2D eigenvalue weighted by Gasteiger charge is -2.11. The molecule has 0 radical (unpaired) electrons. The number of nitrogens with one attached hydrogen (secondary N) is 2. The summed E-state index contributed by atoms with van der Waals surface area (Å²) in [5.41, 5.74) is 2.91. The minimum Gasteiger partial charge on any atom is -0.484 e. The van der Waals surface area contributed by atoms with Gasteiger partial charge in [-0.2, -0.15) is 13.2 Å². The lowest BCUT2D eigenvalue weighted by atomic mass is 10.1. The Balaban J connectivity index is 1.87. The van der Waals surface area contributed by atoms with Gasteiger partial charge in [0.15, 0.2) is 6.61 Å². The number of hydrogen-bond donors (Lipinski definition) is 2. The van der Waals surface area contributed by atoms with Gasteiger partial charge in [-0.25, -0.2) is 4.98 Å². The molecule has 0 spiro atoms. The lowest BCUT2D eigenvalue weighted by Crippen LogP contribution is -2.44. The van der Waals surface area contributed by atoms with Gasteiger partial charge >= 0.3 is 6.18 Å². The molecule has 6 nitrogen and oxygen atoms in total. The molecule has 0 saturated heterocycles. The van der Waals surface area contributed by atoms with E-state index in [2.05, 4.69) is 31.8 Å². The van der Waals surface area contributed by atoms with Crippen LogP contribution in [0, 0.1) is 6.92 Å². The molecule has 0 aliphatic carbocycles. The second-order valence-electron chi connectivity index (χ2n) is 5.07. The molecule has 0 bridgehead atoms. The molecule has 0 fully saturated rings. The Hall–Kier alpha value is -2.62. The number of pyridine rings is 1. The van der Waals surface area contributed by atoms with Gasteiger partial charge < -0.3 is 4.74 Å². The van der Waals surface area contributed by atoms with Gasteiger partial charge in [-0.3, -0.25) is 20.4 Å². The number of hydrogen-bond acceptors (Lipinski definition) is 4. The van der Waals surface area contributed by atoms with Crippen LogP contribution in [0.4, 0.5) is 13.2 Å². The average Bonchev–Trinajstić information content (AvgIpc) is 2.58. The van der Waals surface area contributed by atoms with Gasteiger partial charge in [-0.05, 0) is 43.3 Å². The summed E-state index contributed by atoms with van der Waals surface area (Å²) in [4.78, 5) is 27.0. The monoisotopic (exact) mass is 431 g/mol. The van der Waals surface area contributed by atoms with E-state index >= 15 is 0 Å². The highest BCUT2D eigenvalue weighted by Gasteiger charge is 2.33. The van der Waals surface area contributed by atoms with Crippen LogP contribution in [0.1, 0.15) is 21.7 Å². The van der Waals surface area contributed by atoms with Crippen LogP contribution in [0.3, 0.4) is 0 Å². The predicted molar refractivity (Wildman–Crippen MR) is 89.2 cm³/mol. The molecule has 0 atom stereocenters. The number of aromatic nitrogens is 1. The van der Waals surface area contributed by atoms with Crippen molar-refractivity contribution < 1.29 is 27.5 Å². The Kier molecular flexibility index (Phi) is 6.19. The fourth-order valence-corrected chi connectivity index (χ4v) is 2.13. The molecule has 0 saturated carbocycles. The molecule has 1 aromatic carbocycles. The van der Waals surface area contributed by atoms with E-state index < -0.39 is 23.7 Å². The van der Waals surface area contributed by atoms with Gasteiger partial charge in [0.05, 0.1) is 11.3 Å². The summed E-state index contributed by atoms with van der Waals surface area (Å²) in [6.07, 6.45) is -4.60. The van der Waals surface area contributed by atoms with Crippen LogP contribution in [0.2, 0.25) is 0 Å². The Labute approximate surface area is 154 Å². The first-order chi connectivity index (χ1) is 12.2. The minimum atomic E-state index is -4.60. The average molecular weight is 432 g/mol. The van der Waals surface area contributed by atoms with Crippen molar-refractivity contribution >= 4 is 27.7 Å². The zero-order valence-electron chi connectivity index (χ0n) is 13.4. The standard InChI is InChI=1S/C16H13BrF3N3O3/c1-9-12(6-7-13(21-9)16(18,19)20)15(25)23-22-14(24)8-26-11-4-2-10(17)3-5-11/h2-7H,8H2,1H3,(H,22,24)(H,23,25). The maximum atomic E-state index is 12.6. The van der Waals surface area contributed by atoms with Crippen molar-refractivity contribution in [2.24, 2.45) is 0 Å². The Morgan fingerprint density at radius 2 is 1.77 bits per heavy atom. The molecule has 2 amide bonds. The second-order valence-corrected chi connectivity index (χ2v) is 5.99. The number of aryl methyl sites for hydroxylation is 1. The predicted octanol–water partition coefficient (Wildman–Crippen LogP) is 3.01. The number of alkyl halides is 3. The summed E-state index contributed by atoms with van der Waals surface area (Å²) in [6.45, 7) is 0.911. The van der Waals surface area contributed by atoms with E-state index in [0.29, 0.717) is 11.8 Å². The number of rotatable bonds is 4. The lowest BCUT2D eigenvalue weighted by molar-refractivity contribution is -0.141. The second kappa shape index (κ2) is 8.17. The van der Waals surface area contributed by atoms with Crippen molar-refractivity contribution in [1.82, 2.24) is 15.8 Å². The van der Waals surface area contributed by atoms with Gasteiger partial charge in [0, 0.05) is 4.47 Å². The number of halogens is 4. The Bertz CT molecular complexity index is 811. The number of ether oxygens (including phenoxy) is 1. The number of benzene rings is 1. The highest BCUT2D eigenvalue weighted by Crippen LogP contribution is 2.28. The van der Waals surface area contributed by atoms with Gasteiger partial charge in [0.1, 0.15) is 11.4 Å². The zero-order valence-corrected chi connectivity index (χ0v) is 14.9. The highest BCUT2D eigenvalue weighted by atomic mass is 79.9. The molecule has 2 rings (SSSR count). The fraction of sp³-hybridized carbons (Fsp3) is 0.188. The molecule has 26 heavy (non-hydrogen) atoms. The van der Waals surface area contributed by atoms with Crippen LogP contribution in [-0.4, -0.2) is 23.4 Å². The first kappa shape index (κ1) is 19.7. The van der Waals surface area contributed by atoms with Crippen LogP contribution in [0.5, 0.6) is 5.75 Å². The molecule has 2 aromatic rings. The van der Waals surface area contributed by atoms with Gasteiger partial charge in [-0.15, -0.1) is 0 Å². The highest BCUT2D eigenvalue weighted by molar-refractivity contribution is 9.10. The first-order valence-corrected chi connectivity index (χ1v) is 7.98. The topological polar surface area (TPSA) is 80.3 Å². The smallest absolute Gasteiger partial charge is 0.433 e. The maximum absolute atomic E-state index is 12.6. The van der Waals surface area contributed by atoms with Crippen molar-refractivity contribution in [2.75, 3.05) is 6.61 Å². The van der Waals surface area contributed by atoms with Crippen LogP contribution >= 0.6 is 15.9 Å². The van der Waals surface area contributed by atoms with Crippen molar-refractivity contribution in [1.29, 1.82) is 0 Å². The molecule has 0 aliphatic rings. The third-order valence-electron chi connectivity index (χ3n) is 3.12.